The Bertz CT molecular complexity index is 730. The molecule has 0 radical (unpaired) electrons. The van der Waals surface area contributed by atoms with Crippen LogP contribution in [0.5, 0.6) is 5.75 Å². The molecule has 0 aliphatic heterocycles. The molecule has 126 valence electrons. The fraction of sp³-hybridized carbons (Fsp3) is 0.278. The maximum Gasteiger partial charge on any atom is 0.310 e. The van der Waals surface area contributed by atoms with Gasteiger partial charge in [-0.15, -0.1) is 0 Å². The summed E-state index contributed by atoms with van der Waals surface area (Å²) in [5, 5.41) is 13.7. The summed E-state index contributed by atoms with van der Waals surface area (Å²) >= 11 is 0. The molecule has 2 aromatic rings. The van der Waals surface area contributed by atoms with Crippen molar-refractivity contribution < 1.29 is 14.5 Å². The van der Waals surface area contributed by atoms with Gasteiger partial charge in [-0.1, -0.05) is 44.2 Å². The zero-order chi connectivity index (χ0) is 17.5. The molecule has 0 aromatic heterocycles. The normalized spacial score (nSPS) is 11.6. The molecule has 0 spiro atoms. The Labute approximate surface area is 140 Å². The van der Waals surface area contributed by atoms with E-state index in [4.69, 9.17) is 4.74 Å². The van der Waals surface area contributed by atoms with E-state index in [9.17, 15) is 14.9 Å². The number of anilines is 1. The lowest BCUT2D eigenvalue weighted by Crippen LogP contribution is -2.21. The van der Waals surface area contributed by atoms with Crippen molar-refractivity contribution >= 4 is 17.3 Å². The van der Waals surface area contributed by atoms with Crippen LogP contribution in [0.2, 0.25) is 0 Å². The van der Waals surface area contributed by atoms with Crippen LogP contribution in [0.4, 0.5) is 11.4 Å². The minimum absolute atomic E-state index is 0.0767. The molecule has 2 aromatic carbocycles. The highest BCUT2D eigenvalue weighted by molar-refractivity contribution is 5.92. The molecule has 0 aliphatic rings. The highest BCUT2D eigenvalue weighted by atomic mass is 16.6. The fourth-order valence-corrected chi connectivity index (χ4v) is 2.32. The van der Waals surface area contributed by atoms with Crippen molar-refractivity contribution in [3.8, 4) is 5.75 Å². The second-order valence-corrected chi connectivity index (χ2v) is 5.46. The largest absolute Gasteiger partial charge is 0.477 e. The third kappa shape index (κ3) is 4.32. The second-order valence-electron chi connectivity index (χ2n) is 5.46. The highest BCUT2D eigenvalue weighted by Crippen LogP contribution is 2.27. The first-order valence-electron chi connectivity index (χ1n) is 7.78. The van der Waals surface area contributed by atoms with Crippen LogP contribution < -0.4 is 10.1 Å². The van der Waals surface area contributed by atoms with Gasteiger partial charge in [-0.2, -0.15) is 0 Å². The van der Waals surface area contributed by atoms with Crippen LogP contribution >= 0.6 is 0 Å². The topological polar surface area (TPSA) is 81.5 Å². The number of nitro benzene ring substituents is 1. The predicted octanol–water partition coefficient (Wildman–Crippen LogP) is 4.13. The van der Waals surface area contributed by atoms with E-state index < -0.39 is 4.92 Å². The molecule has 1 amide bonds. The number of nitro groups is 1. The SMILES string of the molecule is CC[C@H](C)c1ccccc1NC(=O)COc1ccccc1[N+](=O)[O-]. The second kappa shape index (κ2) is 8.10. The van der Waals surface area contributed by atoms with Gasteiger partial charge >= 0.3 is 5.69 Å². The molecular formula is C18H20N2O4. The number of rotatable bonds is 7. The molecule has 0 bridgehead atoms. The molecule has 6 heteroatoms. The molecule has 6 nitrogen and oxygen atoms in total. The minimum atomic E-state index is -0.536. The van der Waals surface area contributed by atoms with Gasteiger partial charge in [-0.25, -0.2) is 0 Å². The van der Waals surface area contributed by atoms with E-state index in [0.717, 1.165) is 17.7 Å². The number of ether oxygens (including phenoxy) is 1. The number of carbonyl (C=O) groups is 1. The molecule has 0 saturated heterocycles. The van der Waals surface area contributed by atoms with Crippen LogP contribution in [-0.2, 0) is 4.79 Å². The molecule has 0 heterocycles. The molecule has 0 aliphatic carbocycles. The fourth-order valence-electron chi connectivity index (χ4n) is 2.32. The summed E-state index contributed by atoms with van der Waals surface area (Å²) in [7, 11) is 0. The summed E-state index contributed by atoms with van der Waals surface area (Å²) in [5.41, 5.74) is 1.63. The van der Waals surface area contributed by atoms with Gasteiger partial charge in [0.05, 0.1) is 4.92 Å². The van der Waals surface area contributed by atoms with E-state index >= 15 is 0 Å². The minimum Gasteiger partial charge on any atom is -0.477 e. The average Bonchev–Trinajstić information content (AvgIpc) is 2.60. The first-order chi connectivity index (χ1) is 11.5. The Hall–Kier alpha value is -2.89. The molecule has 2 rings (SSSR count). The third-order valence-electron chi connectivity index (χ3n) is 3.80. The van der Waals surface area contributed by atoms with E-state index in [1.165, 1.54) is 12.1 Å². The number of hydrogen-bond acceptors (Lipinski definition) is 4. The third-order valence-corrected chi connectivity index (χ3v) is 3.80. The number of nitrogens with one attached hydrogen (secondary N) is 1. The lowest BCUT2D eigenvalue weighted by atomic mass is 9.97. The van der Waals surface area contributed by atoms with Crippen molar-refractivity contribution in [2.24, 2.45) is 0 Å². The van der Waals surface area contributed by atoms with E-state index in [1.807, 2.05) is 24.3 Å². The maximum absolute atomic E-state index is 12.1. The van der Waals surface area contributed by atoms with Gasteiger partial charge < -0.3 is 10.1 Å². The number of hydrogen-bond donors (Lipinski definition) is 1. The Balaban J connectivity index is 2.04. The summed E-state index contributed by atoms with van der Waals surface area (Å²) < 4.78 is 5.31. The summed E-state index contributed by atoms with van der Waals surface area (Å²) in [6.07, 6.45) is 0.958. The van der Waals surface area contributed by atoms with Gasteiger partial charge in [0.2, 0.25) is 0 Å². The first kappa shape index (κ1) is 17.5. The van der Waals surface area contributed by atoms with Crippen LogP contribution in [0.1, 0.15) is 31.7 Å². The van der Waals surface area contributed by atoms with Crippen molar-refractivity contribution in [3.05, 3.63) is 64.2 Å². The predicted molar refractivity (Wildman–Crippen MR) is 92.4 cm³/mol. The zero-order valence-electron chi connectivity index (χ0n) is 13.7. The maximum atomic E-state index is 12.1. The van der Waals surface area contributed by atoms with Crippen molar-refractivity contribution in [2.45, 2.75) is 26.2 Å². The number of nitrogens with zero attached hydrogens (tertiary/aromatic N) is 1. The van der Waals surface area contributed by atoms with Crippen LogP contribution in [0.3, 0.4) is 0 Å². The number of para-hydroxylation sites is 3. The molecule has 0 unspecified atom stereocenters. The van der Waals surface area contributed by atoms with Crippen LogP contribution in [0.25, 0.3) is 0 Å². The highest BCUT2D eigenvalue weighted by Gasteiger charge is 2.16. The number of carbonyl (C=O) groups excluding carboxylic acids is 1. The quantitative estimate of drug-likeness (QED) is 0.612. The van der Waals surface area contributed by atoms with E-state index in [-0.39, 0.29) is 24.0 Å². The lowest BCUT2D eigenvalue weighted by molar-refractivity contribution is -0.385. The molecule has 1 atom stereocenters. The van der Waals surface area contributed by atoms with E-state index in [1.54, 1.807) is 12.1 Å². The summed E-state index contributed by atoms with van der Waals surface area (Å²) in [6, 6.07) is 13.6. The van der Waals surface area contributed by atoms with Crippen LogP contribution in [0, 0.1) is 10.1 Å². The number of benzene rings is 2. The van der Waals surface area contributed by atoms with Crippen LogP contribution in [-0.4, -0.2) is 17.4 Å². The molecule has 1 N–H and O–H groups in total. The summed E-state index contributed by atoms with van der Waals surface area (Å²) in [5.74, 6) is 0.0365. The molecular weight excluding hydrogens is 308 g/mol. The molecule has 0 fully saturated rings. The smallest absolute Gasteiger partial charge is 0.310 e. The van der Waals surface area contributed by atoms with Gasteiger partial charge in [0, 0.05) is 11.8 Å². The van der Waals surface area contributed by atoms with Crippen molar-refractivity contribution in [3.63, 3.8) is 0 Å². The van der Waals surface area contributed by atoms with Gasteiger partial charge in [-0.05, 0) is 30.0 Å². The van der Waals surface area contributed by atoms with Gasteiger partial charge in [0.1, 0.15) is 0 Å². The Kier molecular flexibility index (Phi) is 5.89. The lowest BCUT2D eigenvalue weighted by Gasteiger charge is -2.15. The van der Waals surface area contributed by atoms with Crippen molar-refractivity contribution in [1.29, 1.82) is 0 Å². The number of amides is 1. The average molecular weight is 328 g/mol. The van der Waals surface area contributed by atoms with E-state index in [0.29, 0.717) is 5.92 Å². The summed E-state index contributed by atoms with van der Waals surface area (Å²) in [4.78, 5) is 22.5. The first-order valence-corrected chi connectivity index (χ1v) is 7.78. The van der Waals surface area contributed by atoms with Crippen LogP contribution in [0.15, 0.2) is 48.5 Å². The zero-order valence-corrected chi connectivity index (χ0v) is 13.7. The Morgan fingerprint density at radius 2 is 1.88 bits per heavy atom. The Morgan fingerprint density at radius 1 is 1.21 bits per heavy atom. The molecule has 0 saturated carbocycles. The monoisotopic (exact) mass is 328 g/mol. The Morgan fingerprint density at radius 3 is 2.58 bits per heavy atom. The van der Waals surface area contributed by atoms with Crippen molar-refractivity contribution in [2.75, 3.05) is 11.9 Å². The summed E-state index contributed by atoms with van der Waals surface area (Å²) in [6.45, 7) is 3.88. The standard InChI is InChI=1S/C18H20N2O4/c1-3-13(2)14-8-4-5-9-15(14)19-18(21)12-24-17-11-7-6-10-16(17)20(22)23/h4-11,13H,3,12H2,1-2H3,(H,19,21)/t13-/m0/s1. The van der Waals surface area contributed by atoms with Gasteiger partial charge in [0.25, 0.3) is 5.91 Å². The van der Waals surface area contributed by atoms with Gasteiger partial charge in [-0.3, -0.25) is 14.9 Å². The van der Waals surface area contributed by atoms with E-state index in [2.05, 4.69) is 19.2 Å². The van der Waals surface area contributed by atoms with Gasteiger partial charge in [0.15, 0.2) is 12.4 Å². The molecule has 24 heavy (non-hydrogen) atoms. The van der Waals surface area contributed by atoms with Crippen molar-refractivity contribution in [1.82, 2.24) is 0 Å².